The van der Waals surface area contributed by atoms with Gasteiger partial charge in [0, 0.05) is 38.4 Å². The van der Waals surface area contributed by atoms with Crippen molar-refractivity contribution in [2.75, 3.05) is 56.3 Å². The molecule has 0 bridgehead atoms. The highest BCUT2D eigenvalue weighted by Gasteiger charge is 2.23. The number of nitrogens with zero attached hydrogens (tertiary/aromatic N) is 6. The number of ether oxygens (including phenoxy) is 3. The molecule has 7 rings (SSSR count). The van der Waals surface area contributed by atoms with Gasteiger partial charge in [0.1, 0.15) is 18.7 Å². The molecular weight excluding hydrogens is 518 g/mol. The largest absolute Gasteiger partial charge is 0.492 e. The summed E-state index contributed by atoms with van der Waals surface area (Å²) in [6, 6.07) is 26.1. The quantitative estimate of drug-likeness (QED) is 0.270. The summed E-state index contributed by atoms with van der Waals surface area (Å²) in [6.45, 7) is 5.70. The van der Waals surface area contributed by atoms with Crippen molar-refractivity contribution in [3.05, 3.63) is 90.8 Å². The second-order valence-electron chi connectivity index (χ2n) is 10.0. The van der Waals surface area contributed by atoms with Gasteiger partial charge in [0.2, 0.25) is 12.7 Å². The number of aromatic nitrogens is 4. The van der Waals surface area contributed by atoms with Gasteiger partial charge in [0.15, 0.2) is 28.5 Å². The lowest BCUT2D eigenvalue weighted by molar-refractivity contribution is 0.174. The zero-order chi connectivity index (χ0) is 27.4. The molecule has 3 aromatic carbocycles. The monoisotopic (exact) mass is 549 g/mol. The maximum Gasteiger partial charge on any atom is 0.231 e. The summed E-state index contributed by atoms with van der Waals surface area (Å²) in [6.07, 6.45) is 1.81. The molecule has 0 amide bonds. The Hall–Kier alpha value is -4.83. The Morgan fingerprint density at radius 3 is 2.44 bits per heavy atom. The zero-order valence-corrected chi connectivity index (χ0v) is 22.6. The molecule has 0 aliphatic carbocycles. The van der Waals surface area contributed by atoms with Crippen LogP contribution in [0, 0.1) is 0 Å². The first kappa shape index (κ1) is 25.2. The van der Waals surface area contributed by atoms with Crippen LogP contribution < -0.4 is 24.4 Å². The van der Waals surface area contributed by atoms with Gasteiger partial charge < -0.3 is 24.4 Å². The molecule has 2 aromatic heterocycles. The van der Waals surface area contributed by atoms with Gasteiger partial charge in [-0.3, -0.25) is 9.47 Å². The maximum atomic E-state index is 5.88. The van der Waals surface area contributed by atoms with Gasteiger partial charge in [-0.25, -0.2) is 4.98 Å². The Morgan fingerprint density at radius 1 is 0.829 bits per heavy atom. The number of piperazine rings is 1. The number of para-hydroxylation sites is 2. The summed E-state index contributed by atoms with van der Waals surface area (Å²) in [5.41, 5.74) is 3.73. The standard InChI is InChI=1S/C31H31N7O3/c1-3-7-24(8-4-1)38-21-33-28-29(32-13-18-39-25-9-5-2-6-10-25)34-31(35-30(28)38)37-16-14-36(15-17-37)20-23-11-12-26-27(19-23)41-22-40-26/h1-12,19,21H,13-18,20,22H2,(H,32,34,35). The van der Waals surface area contributed by atoms with Crippen molar-refractivity contribution >= 4 is 22.9 Å². The number of anilines is 2. The van der Waals surface area contributed by atoms with Crippen LogP contribution in [0.25, 0.3) is 16.9 Å². The third-order valence-electron chi connectivity index (χ3n) is 7.32. The molecule has 4 heterocycles. The summed E-state index contributed by atoms with van der Waals surface area (Å²) in [5.74, 6) is 3.89. The molecule has 10 nitrogen and oxygen atoms in total. The van der Waals surface area contributed by atoms with Gasteiger partial charge in [-0.1, -0.05) is 42.5 Å². The number of imidazole rings is 1. The fraction of sp³-hybridized carbons (Fsp3) is 0.258. The number of benzene rings is 3. The minimum Gasteiger partial charge on any atom is -0.492 e. The van der Waals surface area contributed by atoms with Crippen LogP contribution in [-0.4, -0.2) is 70.5 Å². The van der Waals surface area contributed by atoms with E-state index in [4.69, 9.17) is 29.2 Å². The highest BCUT2D eigenvalue weighted by molar-refractivity contribution is 5.85. The molecule has 2 aliphatic rings. The predicted molar refractivity (Wildman–Crippen MR) is 157 cm³/mol. The van der Waals surface area contributed by atoms with Gasteiger partial charge >= 0.3 is 0 Å². The fourth-order valence-corrected chi connectivity index (χ4v) is 5.19. The molecule has 1 fully saturated rings. The number of fused-ring (bicyclic) bond motifs is 2. The molecule has 0 radical (unpaired) electrons. The molecule has 1 saturated heterocycles. The van der Waals surface area contributed by atoms with E-state index in [1.54, 1.807) is 0 Å². The lowest BCUT2D eigenvalue weighted by Crippen LogP contribution is -2.46. The second kappa shape index (κ2) is 11.3. The molecule has 0 spiro atoms. The van der Waals surface area contributed by atoms with E-state index in [0.29, 0.717) is 31.7 Å². The van der Waals surface area contributed by atoms with Crippen LogP contribution in [0.1, 0.15) is 5.56 Å². The third kappa shape index (κ3) is 5.46. The van der Waals surface area contributed by atoms with Crippen LogP contribution in [0.5, 0.6) is 17.2 Å². The lowest BCUT2D eigenvalue weighted by Gasteiger charge is -2.34. The van der Waals surface area contributed by atoms with Gasteiger partial charge in [-0.05, 0) is 42.0 Å². The minimum atomic E-state index is 0.294. The van der Waals surface area contributed by atoms with Gasteiger partial charge in [0.25, 0.3) is 0 Å². The smallest absolute Gasteiger partial charge is 0.231 e. The first-order chi connectivity index (χ1) is 20.3. The summed E-state index contributed by atoms with van der Waals surface area (Å²) >= 11 is 0. The average Bonchev–Trinajstić information content (AvgIpc) is 3.68. The molecule has 208 valence electrons. The second-order valence-corrected chi connectivity index (χ2v) is 10.0. The number of hydrogen-bond donors (Lipinski definition) is 1. The van der Waals surface area contributed by atoms with Crippen molar-refractivity contribution in [3.63, 3.8) is 0 Å². The predicted octanol–water partition coefficient (Wildman–Crippen LogP) is 4.36. The van der Waals surface area contributed by atoms with Crippen LogP contribution >= 0.6 is 0 Å². The topological polar surface area (TPSA) is 89.8 Å². The van der Waals surface area contributed by atoms with E-state index < -0.39 is 0 Å². The van der Waals surface area contributed by atoms with E-state index in [1.807, 2.05) is 65.5 Å². The third-order valence-corrected chi connectivity index (χ3v) is 7.32. The summed E-state index contributed by atoms with van der Waals surface area (Å²) in [4.78, 5) is 19.4. The van der Waals surface area contributed by atoms with E-state index in [0.717, 1.165) is 66.8 Å². The molecule has 0 unspecified atom stereocenters. The van der Waals surface area contributed by atoms with Crippen LogP contribution in [0.3, 0.4) is 0 Å². The maximum absolute atomic E-state index is 5.88. The van der Waals surface area contributed by atoms with E-state index in [9.17, 15) is 0 Å². The van der Waals surface area contributed by atoms with E-state index in [-0.39, 0.29) is 0 Å². The first-order valence-electron chi connectivity index (χ1n) is 13.9. The minimum absolute atomic E-state index is 0.294. The van der Waals surface area contributed by atoms with Crippen LogP contribution in [0.15, 0.2) is 85.2 Å². The number of rotatable bonds is 9. The zero-order valence-electron chi connectivity index (χ0n) is 22.6. The Morgan fingerprint density at radius 2 is 1.61 bits per heavy atom. The summed E-state index contributed by atoms with van der Waals surface area (Å²) in [5, 5.41) is 3.45. The van der Waals surface area contributed by atoms with Gasteiger partial charge in [0.05, 0.1) is 6.54 Å². The van der Waals surface area contributed by atoms with Crippen molar-refractivity contribution in [2.45, 2.75) is 6.54 Å². The van der Waals surface area contributed by atoms with Gasteiger partial charge in [-0.15, -0.1) is 0 Å². The van der Waals surface area contributed by atoms with Gasteiger partial charge in [-0.2, -0.15) is 9.97 Å². The summed E-state index contributed by atoms with van der Waals surface area (Å²) < 4.78 is 18.9. The summed E-state index contributed by atoms with van der Waals surface area (Å²) in [7, 11) is 0. The Bertz CT molecular complexity index is 1620. The van der Waals surface area contributed by atoms with Crippen molar-refractivity contribution in [1.82, 2.24) is 24.4 Å². The lowest BCUT2D eigenvalue weighted by atomic mass is 10.1. The molecule has 1 N–H and O–H groups in total. The van der Waals surface area contributed by atoms with E-state index >= 15 is 0 Å². The highest BCUT2D eigenvalue weighted by atomic mass is 16.7. The van der Waals surface area contributed by atoms with E-state index in [2.05, 4.69) is 39.4 Å². The molecule has 5 aromatic rings. The highest BCUT2D eigenvalue weighted by Crippen LogP contribution is 2.33. The fourth-order valence-electron chi connectivity index (χ4n) is 5.19. The van der Waals surface area contributed by atoms with Crippen LogP contribution in [-0.2, 0) is 6.54 Å². The average molecular weight is 550 g/mol. The van der Waals surface area contributed by atoms with Crippen LogP contribution in [0.4, 0.5) is 11.8 Å². The van der Waals surface area contributed by atoms with Crippen LogP contribution in [0.2, 0.25) is 0 Å². The molecule has 0 atom stereocenters. The van der Waals surface area contributed by atoms with Crippen molar-refractivity contribution < 1.29 is 14.2 Å². The number of hydrogen-bond acceptors (Lipinski definition) is 9. The van der Waals surface area contributed by atoms with Crippen molar-refractivity contribution in [1.29, 1.82) is 0 Å². The number of nitrogens with one attached hydrogen (secondary N) is 1. The Labute approximate surface area is 238 Å². The van der Waals surface area contributed by atoms with Crippen molar-refractivity contribution in [3.8, 4) is 22.9 Å². The van der Waals surface area contributed by atoms with Crippen molar-refractivity contribution in [2.24, 2.45) is 0 Å². The normalized spacial score (nSPS) is 14.9. The SMILES string of the molecule is c1ccc(OCCNc2nc(N3CCN(Cc4ccc5c(c4)OCO5)CC3)nc3c2ncn3-c2ccccc2)cc1. The molecule has 2 aliphatic heterocycles. The molecular formula is C31H31N7O3. The first-order valence-corrected chi connectivity index (χ1v) is 13.9. The molecule has 41 heavy (non-hydrogen) atoms. The Balaban J connectivity index is 1.08. The Kier molecular flexibility index (Phi) is 6.96. The molecule has 10 heteroatoms. The van der Waals surface area contributed by atoms with E-state index in [1.165, 1.54) is 5.56 Å². The molecule has 0 saturated carbocycles.